The SMILES string of the molecule is CCOC(=O)N1CCC(NC(=NC)NCC2CCCN2CC)CC1.I. The number of hydrogen-bond donors (Lipinski definition) is 2. The Bertz CT molecular complexity index is 427. The molecule has 0 radical (unpaired) electrons. The van der Waals surface area contributed by atoms with E-state index in [9.17, 15) is 4.79 Å². The van der Waals surface area contributed by atoms with Crippen molar-refractivity contribution in [3.05, 3.63) is 0 Å². The molecule has 0 spiro atoms. The lowest BCUT2D eigenvalue weighted by Crippen LogP contribution is -2.51. The second-order valence-corrected chi connectivity index (χ2v) is 6.48. The second-order valence-electron chi connectivity index (χ2n) is 6.48. The number of amides is 1. The molecule has 0 bridgehead atoms. The third-order valence-corrected chi connectivity index (χ3v) is 5.00. The van der Waals surface area contributed by atoms with Crippen molar-refractivity contribution >= 4 is 36.0 Å². The Labute approximate surface area is 169 Å². The first-order chi connectivity index (χ1) is 11.7. The van der Waals surface area contributed by atoms with Crippen LogP contribution in [-0.4, -0.2) is 80.3 Å². The lowest BCUT2D eigenvalue weighted by Gasteiger charge is -2.32. The molecule has 0 aromatic rings. The molecular formula is C17H34IN5O2. The number of carbonyl (C=O) groups is 1. The number of aliphatic imine (C=N–C) groups is 1. The van der Waals surface area contributed by atoms with Gasteiger partial charge in [0.25, 0.3) is 0 Å². The van der Waals surface area contributed by atoms with Gasteiger partial charge in [-0.3, -0.25) is 9.89 Å². The van der Waals surface area contributed by atoms with Crippen LogP contribution in [0.1, 0.15) is 39.5 Å². The number of carbonyl (C=O) groups excluding carboxylic acids is 1. The fourth-order valence-electron chi connectivity index (χ4n) is 3.57. The lowest BCUT2D eigenvalue weighted by molar-refractivity contribution is 0.0963. The molecule has 2 fully saturated rings. The van der Waals surface area contributed by atoms with E-state index in [4.69, 9.17) is 4.74 Å². The molecule has 0 saturated carbocycles. The van der Waals surface area contributed by atoms with E-state index in [0.29, 0.717) is 18.7 Å². The van der Waals surface area contributed by atoms with Gasteiger partial charge in [0.05, 0.1) is 6.61 Å². The van der Waals surface area contributed by atoms with Gasteiger partial charge in [-0.05, 0) is 45.7 Å². The molecule has 1 amide bonds. The predicted octanol–water partition coefficient (Wildman–Crippen LogP) is 1.87. The molecular weight excluding hydrogens is 433 g/mol. The van der Waals surface area contributed by atoms with E-state index in [1.165, 1.54) is 19.4 Å². The van der Waals surface area contributed by atoms with Gasteiger partial charge in [0.15, 0.2) is 5.96 Å². The van der Waals surface area contributed by atoms with Crippen LogP contribution in [0.4, 0.5) is 4.79 Å². The van der Waals surface area contributed by atoms with Crippen molar-refractivity contribution < 1.29 is 9.53 Å². The molecule has 2 N–H and O–H groups in total. The Morgan fingerprint density at radius 3 is 2.52 bits per heavy atom. The third-order valence-electron chi connectivity index (χ3n) is 5.00. The monoisotopic (exact) mass is 467 g/mol. The Kier molecular flexibility index (Phi) is 10.5. The van der Waals surface area contributed by atoms with Gasteiger partial charge in [0.2, 0.25) is 0 Å². The van der Waals surface area contributed by atoms with Gasteiger partial charge in [-0.2, -0.15) is 0 Å². The first-order valence-electron chi connectivity index (χ1n) is 9.30. The van der Waals surface area contributed by atoms with Crippen molar-refractivity contribution in [2.24, 2.45) is 4.99 Å². The zero-order valence-electron chi connectivity index (χ0n) is 15.8. The Morgan fingerprint density at radius 1 is 1.20 bits per heavy atom. The van der Waals surface area contributed by atoms with Crippen LogP contribution in [0.2, 0.25) is 0 Å². The van der Waals surface area contributed by atoms with E-state index in [0.717, 1.165) is 45.0 Å². The first kappa shape index (κ1) is 22.3. The van der Waals surface area contributed by atoms with Crippen LogP contribution in [0.25, 0.3) is 0 Å². The second kappa shape index (κ2) is 11.8. The van der Waals surface area contributed by atoms with Gasteiger partial charge < -0.3 is 20.3 Å². The number of nitrogens with one attached hydrogen (secondary N) is 2. The quantitative estimate of drug-likeness (QED) is 0.367. The minimum atomic E-state index is -0.195. The molecule has 2 aliphatic rings. The molecule has 25 heavy (non-hydrogen) atoms. The molecule has 7 nitrogen and oxygen atoms in total. The third kappa shape index (κ3) is 6.80. The number of hydrogen-bond acceptors (Lipinski definition) is 4. The number of rotatable bonds is 5. The summed E-state index contributed by atoms with van der Waals surface area (Å²) in [4.78, 5) is 20.4. The summed E-state index contributed by atoms with van der Waals surface area (Å²) in [6, 6.07) is 0.965. The van der Waals surface area contributed by atoms with Crippen LogP contribution < -0.4 is 10.6 Å². The molecule has 146 valence electrons. The van der Waals surface area contributed by atoms with E-state index in [-0.39, 0.29) is 30.1 Å². The predicted molar refractivity (Wildman–Crippen MR) is 112 cm³/mol. The van der Waals surface area contributed by atoms with Crippen LogP contribution in [0.5, 0.6) is 0 Å². The Morgan fingerprint density at radius 2 is 1.92 bits per heavy atom. The number of halogens is 1. The van der Waals surface area contributed by atoms with Crippen LogP contribution in [-0.2, 0) is 4.74 Å². The number of guanidine groups is 1. The Hall–Kier alpha value is -0.770. The number of likely N-dealkylation sites (tertiary alicyclic amines) is 2. The normalized spacial score (nSPS) is 22.4. The van der Waals surface area contributed by atoms with E-state index in [1.807, 2.05) is 14.0 Å². The minimum Gasteiger partial charge on any atom is -0.450 e. The van der Waals surface area contributed by atoms with Crippen molar-refractivity contribution in [2.75, 3.05) is 46.4 Å². The maximum Gasteiger partial charge on any atom is 0.409 e. The molecule has 0 aromatic carbocycles. The zero-order chi connectivity index (χ0) is 17.4. The highest BCUT2D eigenvalue weighted by Gasteiger charge is 2.25. The highest BCUT2D eigenvalue weighted by atomic mass is 127. The minimum absolute atomic E-state index is 0. The van der Waals surface area contributed by atoms with Gasteiger partial charge in [-0.15, -0.1) is 24.0 Å². The zero-order valence-corrected chi connectivity index (χ0v) is 18.1. The molecule has 1 atom stereocenters. The summed E-state index contributed by atoms with van der Waals surface area (Å²) in [5.74, 6) is 0.868. The van der Waals surface area contributed by atoms with Crippen LogP contribution >= 0.6 is 24.0 Å². The van der Waals surface area contributed by atoms with Gasteiger partial charge >= 0.3 is 6.09 Å². The first-order valence-corrected chi connectivity index (χ1v) is 9.30. The lowest BCUT2D eigenvalue weighted by atomic mass is 10.1. The largest absolute Gasteiger partial charge is 0.450 e. The smallest absolute Gasteiger partial charge is 0.409 e. The van der Waals surface area contributed by atoms with E-state index < -0.39 is 0 Å². The summed E-state index contributed by atoms with van der Waals surface area (Å²) >= 11 is 0. The summed E-state index contributed by atoms with van der Waals surface area (Å²) in [5.41, 5.74) is 0. The van der Waals surface area contributed by atoms with Crippen molar-refractivity contribution in [1.29, 1.82) is 0 Å². The highest BCUT2D eigenvalue weighted by molar-refractivity contribution is 14.0. The van der Waals surface area contributed by atoms with E-state index in [1.54, 1.807) is 4.90 Å². The maximum atomic E-state index is 11.7. The Balaban J connectivity index is 0.00000312. The average molecular weight is 467 g/mol. The molecule has 0 aliphatic carbocycles. The van der Waals surface area contributed by atoms with Crippen molar-refractivity contribution in [1.82, 2.24) is 20.4 Å². The number of piperidine rings is 1. The van der Waals surface area contributed by atoms with Crippen molar-refractivity contribution in [2.45, 2.75) is 51.6 Å². The highest BCUT2D eigenvalue weighted by Crippen LogP contribution is 2.15. The molecule has 2 rings (SSSR count). The molecule has 8 heteroatoms. The summed E-state index contributed by atoms with van der Waals surface area (Å²) < 4.78 is 5.06. The molecule has 2 saturated heterocycles. The van der Waals surface area contributed by atoms with Crippen molar-refractivity contribution in [3.8, 4) is 0 Å². The molecule has 1 unspecified atom stereocenters. The van der Waals surface area contributed by atoms with Gasteiger partial charge in [0.1, 0.15) is 0 Å². The van der Waals surface area contributed by atoms with Crippen molar-refractivity contribution in [3.63, 3.8) is 0 Å². The topological polar surface area (TPSA) is 69.2 Å². The number of ether oxygens (including phenoxy) is 1. The molecule has 2 heterocycles. The molecule has 2 aliphatic heterocycles. The fourth-order valence-corrected chi connectivity index (χ4v) is 3.57. The number of nitrogens with zero attached hydrogens (tertiary/aromatic N) is 3. The molecule has 0 aromatic heterocycles. The van der Waals surface area contributed by atoms with Crippen LogP contribution in [0, 0.1) is 0 Å². The number of likely N-dealkylation sites (N-methyl/N-ethyl adjacent to an activating group) is 1. The maximum absolute atomic E-state index is 11.7. The van der Waals surface area contributed by atoms with E-state index >= 15 is 0 Å². The van der Waals surface area contributed by atoms with Crippen LogP contribution in [0.15, 0.2) is 4.99 Å². The average Bonchev–Trinajstić information content (AvgIpc) is 3.07. The summed E-state index contributed by atoms with van der Waals surface area (Å²) in [5, 5.41) is 6.96. The van der Waals surface area contributed by atoms with E-state index in [2.05, 4.69) is 27.4 Å². The standard InChI is InChI=1S/C17H33N5O2.HI/c1-4-21-10-6-7-15(21)13-19-16(18-3)20-14-8-11-22(12-9-14)17(23)24-5-2;/h14-15H,4-13H2,1-3H3,(H2,18,19,20);1H. The van der Waals surface area contributed by atoms with Crippen LogP contribution in [0.3, 0.4) is 0 Å². The summed E-state index contributed by atoms with van der Waals surface area (Å²) in [6.07, 6.45) is 4.20. The fraction of sp³-hybridized carbons (Fsp3) is 0.882. The van der Waals surface area contributed by atoms with Gasteiger partial charge in [-0.1, -0.05) is 6.92 Å². The van der Waals surface area contributed by atoms with Gasteiger partial charge in [0, 0.05) is 38.8 Å². The summed E-state index contributed by atoms with van der Waals surface area (Å²) in [7, 11) is 1.81. The summed E-state index contributed by atoms with van der Waals surface area (Å²) in [6.45, 7) is 9.23. The van der Waals surface area contributed by atoms with Gasteiger partial charge in [-0.25, -0.2) is 4.79 Å².